The first-order valence-electron chi connectivity index (χ1n) is 3.72. The summed E-state index contributed by atoms with van der Waals surface area (Å²) < 4.78 is 25.2. The fraction of sp³-hybridized carbons (Fsp3) is 0.250. The van der Waals surface area contributed by atoms with Gasteiger partial charge >= 0.3 is 0 Å². The summed E-state index contributed by atoms with van der Waals surface area (Å²) in [6, 6.07) is 1.39. The normalized spacial score (nSPS) is 10.6. The molecule has 0 aromatic carbocycles. The van der Waals surface area contributed by atoms with Gasteiger partial charge in [-0.15, -0.1) is 0 Å². The maximum atomic E-state index is 12.4. The van der Waals surface area contributed by atoms with Crippen LogP contribution in [0.2, 0.25) is 0 Å². The standard InChI is InChI=1S/C8H7BrF2N2O/c9-5-1-4(2-12)7(8(10)11)13-6(5)3-14/h1,3,8H,2,12H2. The van der Waals surface area contributed by atoms with Crippen LogP contribution in [0.1, 0.15) is 28.2 Å². The highest BCUT2D eigenvalue weighted by Gasteiger charge is 2.16. The molecular weight excluding hydrogens is 258 g/mol. The van der Waals surface area contributed by atoms with E-state index < -0.39 is 12.1 Å². The maximum absolute atomic E-state index is 12.4. The second-order valence-electron chi connectivity index (χ2n) is 2.52. The maximum Gasteiger partial charge on any atom is 0.280 e. The third-order valence-electron chi connectivity index (χ3n) is 1.65. The van der Waals surface area contributed by atoms with Crippen molar-refractivity contribution in [2.45, 2.75) is 13.0 Å². The number of carbonyl (C=O) groups excluding carboxylic acids is 1. The quantitative estimate of drug-likeness (QED) is 0.851. The molecular formula is C8H7BrF2N2O. The Morgan fingerprint density at radius 1 is 1.64 bits per heavy atom. The molecule has 2 N–H and O–H groups in total. The SMILES string of the molecule is NCc1cc(Br)c(C=O)nc1C(F)F. The summed E-state index contributed by atoms with van der Waals surface area (Å²) in [4.78, 5) is 13.9. The van der Waals surface area contributed by atoms with E-state index in [1.165, 1.54) is 6.07 Å². The van der Waals surface area contributed by atoms with Crippen LogP contribution in [0.25, 0.3) is 0 Å². The fourth-order valence-electron chi connectivity index (χ4n) is 0.991. The highest BCUT2D eigenvalue weighted by atomic mass is 79.9. The van der Waals surface area contributed by atoms with Gasteiger partial charge in [-0.25, -0.2) is 13.8 Å². The molecule has 0 aliphatic heterocycles. The van der Waals surface area contributed by atoms with Crippen molar-refractivity contribution in [3.8, 4) is 0 Å². The molecule has 0 atom stereocenters. The van der Waals surface area contributed by atoms with Gasteiger partial charge in [-0.2, -0.15) is 0 Å². The molecule has 76 valence electrons. The predicted octanol–water partition coefficient (Wildman–Crippen LogP) is 2.05. The number of nitrogens with two attached hydrogens (primary N) is 1. The topological polar surface area (TPSA) is 56.0 Å². The van der Waals surface area contributed by atoms with Crippen LogP contribution in [0.4, 0.5) is 8.78 Å². The molecule has 1 aromatic heterocycles. The van der Waals surface area contributed by atoms with Gasteiger partial charge in [-0.05, 0) is 27.6 Å². The van der Waals surface area contributed by atoms with Crippen LogP contribution in [-0.2, 0) is 6.54 Å². The number of pyridine rings is 1. The van der Waals surface area contributed by atoms with Crippen LogP contribution in [0.15, 0.2) is 10.5 Å². The summed E-state index contributed by atoms with van der Waals surface area (Å²) in [7, 11) is 0. The molecule has 1 aromatic rings. The molecule has 0 unspecified atom stereocenters. The molecule has 6 heteroatoms. The van der Waals surface area contributed by atoms with Crippen molar-refractivity contribution in [3.63, 3.8) is 0 Å². The Balaban J connectivity index is 3.32. The average molecular weight is 265 g/mol. The largest absolute Gasteiger partial charge is 0.326 e. The molecule has 0 bridgehead atoms. The summed E-state index contributed by atoms with van der Waals surface area (Å²) in [6.45, 7) is -0.0373. The van der Waals surface area contributed by atoms with Gasteiger partial charge < -0.3 is 5.73 Å². The third kappa shape index (κ3) is 2.13. The summed E-state index contributed by atoms with van der Waals surface area (Å²) in [5, 5.41) is 0. The van der Waals surface area contributed by atoms with Gasteiger partial charge in [-0.3, -0.25) is 4.79 Å². The molecule has 1 heterocycles. The number of aldehydes is 1. The van der Waals surface area contributed by atoms with Crippen molar-refractivity contribution in [1.29, 1.82) is 0 Å². The summed E-state index contributed by atoms with van der Waals surface area (Å²) in [5.41, 5.74) is 5.02. The minimum absolute atomic E-state index is 0.0373. The number of hydrogen-bond donors (Lipinski definition) is 1. The van der Waals surface area contributed by atoms with Crippen molar-refractivity contribution in [2.75, 3.05) is 0 Å². The molecule has 0 aliphatic carbocycles. The molecule has 0 radical (unpaired) electrons. The lowest BCUT2D eigenvalue weighted by Gasteiger charge is -2.07. The zero-order valence-corrected chi connectivity index (χ0v) is 8.59. The number of aromatic nitrogens is 1. The van der Waals surface area contributed by atoms with Gasteiger partial charge in [0.05, 0.1) is 0 Å². The Morgan fingerprint density at radius 2 is 2.29 bits per heavy atom. The molecule has 3 nitrogen and oxygen atoms in total. The predicted molar refractivity (Wildman–Crippen MR) is 50.2 cm³/mol. The van der Waals surface area contributed by atoms with Gasteiger partial charge in [0, 0.05) is 11.0 Å². The van der Waals surface area contributed by atoms with E-state index in [1.54, 1.807) is 0 Å². The van der Waals surface area contributed by atoms with Gasteiger partial charge in [0.2, 0.25) is 0 Å². The zero-order chi connectivity index (χ0) is 10.7. The lowest BCUT2D eigenvalue weighted by molar-refractivity contribution is 0.111. The third-order valence-corrected chi connectivity index (χ3v) is 2.29. The molecule has 0 spiro atoms. The Kier molecular flexibility index (Phi) is 3.65. The minimum Gasteiger partial charge on any atom is -0.326 e. The van der Waals surface area contributed by atoms with Crippen LogP contribution in [0.3, 0.4) is 0 Å². The first kappa shape index (κ1) is 11.2. The molecule has 0 saturated heterocycles. The molecule has 14 heavy (non-hydrogen) atoms. The van der Waals surface area contributed by atoms with E-state index >= 15 is 0 Å². The minimum atomic E-state index is -2.72. The van der Waals surface area contributed by atoms with E-state index in [4.69, 9.17) is 5.73 Å². The lowest BCUT2D eigenvalue weighted by atomic mass is 10.2. The van der Waals surface area contributed by atoms with E-state index in [2.05, 4.69) is 20.9 Å². The van der Waals surface area contributed by atoms with E-state index in [0.29, 0.717) is 10.8 Å². The van der Waals surface area contributed by atoms with Crippen LogP contribution >= 0.6 is 15.9 Å². The highest BCUT2D eigenvalue weighted by Crippen LogP contribution is 2.25. The fourth-order valence-corrected chi connectivity index (χ4v) is 1.45. The Morgan fingerprint density at radius 3 is 2.71 bits per heavy atom. The number of halogens is 3. The number of rotatable bonds is 3. The second kappa shape index (κ2) is 4.56. The van der Waals surface area contributed by atoms with Crippen molar-refractivity contribution >= 4 is 22.2 Å². The van der Waals surface area contributed by atoms with Crippen LogP contribution in [0, 0.1) is 0 Å². The monoisotopic (exact) mass is 264 g/mol. The van der Waals surface area contributed by atoms with Crippen LogP contribution < -0.4 is 5.73 Å². The van der Waals surface area contributed by atoms with Gasteiger partial charge in [-0.1, -0.05) is 0 Å². The molecule has 1 rings (SSSR count). The Bertz CT molecular complexity index is 357. The Labute approximate surface area is 87.4 Å². The first-order chi connectivity index (χ1) is 6.60. The summed E-state index contributed by atoms with van der Waals surface area (Å²) >= 11 is 3.04. The van der Waals surface area contributed by atoms with Crippen molar-refractivity contribution in [1.82, 2.24) is 4.98 Å². The summed E-state index contributed by atoms with van der Waals surface area (Å²) in [6.07, 6.45) is -2.31. The van der Waals surface area contributed by atoms with E-state index in [-0.39, 0.29) is 17.8 Å². The van der Waals surface area contributed by atoms with Gasteiger partial charge in [0.25, 0.3) is 6.43 Å². The average Bonchev–Trinajstić information content (AvgIpc) is 2.16. The molecule has 0 saturated carbocycles. The smallest absolute Gasteiger partial charge is 0.280 e. The van der Waals surface area contributed by atoms with E-state index in [1.807, 2.05) is 0 Å². The zero-order valence-electron chi connectivity index (χ0n) is 7.01. The van der Waals surface area contributed by atoms with Gasteiger partial charge in [0.15, 0.2) is 6.29 Å². The highest BCUT2D eigenvalue weighted by molar-refractivity contribution is 9.10. The lowest BCUT2D eigenvalue weighted by Crippen LogP contribution is -2.07. The van der Waals surface area contributed by atoms with Crippen molar-refractivity contribution in [2.24, 2.45) is 5.73 Å². The Hall–Kier alpha value is -0.880. The molecule has 0 aliphatic rings. The van der Waals surface area contributed by atoms with Crippen LogP contribution in [0.5, 0.6) is 0 Å². The number of nitrogens with zero attached hydrogens (tertiary/aromatic N) is 1. The summed E-state index contributed by atoms with van der Waals surface area (Å²) in [5.74, 6) is 0. The molecule has 0 fully saturated rings. The van der Waals surface area contributed by atoms with Crippen molar-refractivity contribution in [3.05, 3.63) is 27.5 Å². The number of carbonyl (C=O) groups is 1. The van der Waals surface area contributed by atoms with Crippen molar-refractivity contribution < 1.29 is 13.6 Å². The first-order valence-corrected chi connectivity index (χ1v) is 4.52. The van der Waals surface area contributed by atoms with Gasteiger partial charge in [0.1, 0.15) is 11.4 Å². The van der Waals surface area contributed by atoms with E-state index in [9.17, 15) is 13.6 Å². The second-order valence-corrected chi connectivity index (χ2v) is 3.38. The molecule has 0 amide bonds. The number of alkyl halides is 2. The van der Waals surface area contributed by atoms with Crippen LogP contribution in [-0.4, -0.2) is 11.3 Å². The van der Waals surface area contributed by atoms with E-state index in [0.717, 1.165) is 0 Å². The number of hydrogen-bond acceptors (Lipinski definition) is 3.